The molecule has 0 amide bonds. The zero-order valence-corrected chi connectivity index (χ0v) is 17.2. The number of carbonyl (C=O) groups is 2. The van der Waals surface area contributed by atoms with Gasteiger partial charge in [-0.3, -0.25) is 19.7 Å². The first-order valence-corrected chi connectivity index (χ1v) is 10.1. The quantitative estimate of drug-likeness (QED) is 0.319. The highest BCUT2D eigenvalue weighted by atomic mass is 19.1. The van der Waals surface area contributed by atoms with E-state index in [9.17, 15) is 29.2 Å². The first-order valence-electron chi connectivity index (χ1n) is 10.1. The van der Waals surface area contributed by atoms with E-state index in [2.05, 4.69) is 0 Å². The van der Waals surface area contributed by atoms with Crippen LogP contribution in [0, 0.1) is 15.9 Å². The van der Waals surface area contributed by atoms with Gasteiger partial charge in [0.15, 0.2) is 0 Å². The van der Waals surface area contributed by atoms with Crippen molar-refractivity contribution >= 4 is 17.6 Å². The Labute approximate surface area is 187 Å². The molecule has 0 bridgehead atoms. The van der Waals surface area contributed by atoms with Crippen molar-refractivity contribution in [3.63, 3.8) is 0 Å². The zero-order valence-electron chi connectivity index (χ0n) is 17.2. The number of aliphatic carboxylic acids is 1. The number of nitrogens with zero attached hydrogens (tertiary/aromatic N) is 1. The summed E-state index contributed by atoms with van der Waals surface area (Å²) in [6.07, 6.45) is 0. The molecule has 3 aromatic carbocycles. The summed E-state index contributed by atoms with van der Waals surface area (Å²) >= 11 is 0. The Morgan fingerprint density at radius 2 is 1.64 bits per heavy atom. The molecule has 2 atom stereocenters. The Balaban J connectivity index is 1.63. The molecule has 9 heteroatoms. The van der Waals surface area contributed by atoms with E-state index in [1.165, 1.54) is 0 Å². The lowest BCUT2D eigenvalue weighted by Gasteiger charge is -2.21. The van der Waals surface area contributed by atoms with Crippen molar-refractivity contribution in [3.8, 4) is 11.1 Å². The minimum absolute atomic E-state index is 0.0843. The Bertz CT molecular complexity index is 1220. The highest BCUT2D eigenvalue weighted by molar-refractivity contribution is 5.88. The van der Waals surface area contributed by atoms with Crippen LogP contribution in [0.5, 0.6) is 0 Å². The molecular weight excluding hydrogens is 431 g/mol. The van der Waals surface area contributed by atoms with Gasteiger partial charge in [-0.2, -0.15) is 4.39 Å². The molecule has 0 heterocycles. The maximum Gasteiger partial charge on any atom is 0.321 e. The standard InChI is InChI=1S/C24H19FN2O6/c25-19-10-9-13(11-20(19)27(31)32)21(22(26)23(28)29)24(30)33-12-18-16-7-3-1-5-14(16)15-6-2-4-8-17(15)18/h1-11,18,21-22H,12,26H2,(H,28,29). The predicted octanol–water partition coefficient (Wildman–Crippen LogP) is 3.59. The van der Waals surface area contributed by atoms with E-state index in [0.717, 1.165) is 40.5 Å². The van der Waals surface area contributed by atoms with E-state index in [1.54, 1.807) is 0 Å². The first-order chi connectivity index (χ1) is 15.8. The number of nitrogens with two attached hydrogens (primary N) is 1. The lowest BCUT2D eigenvalue weighted by molar-refractivity contribution is -0.387. The van der Waals surface area contributed by atoms with Crippen LogP contribution in [-0.4, -0.2) is 34.6 Å². The second kappa shape index (κ2) is 8.79. The Morgan fingerprint density at radius 1 is 1.06 bits per heavy atom. The number of fused-ring (bicyclic) bond motifs is 3. The summed E-state index contributed by atoms with van der Waals surface area (Å²) < 4.78 is 19.3. The number of nitro groups is 1. The Morgan fingerprint density at radius 3 is 2.18 bits per heavy atom. The van der Waals surface area contributed by atoms with Gasteiger partial charge in [0.1, 0.15) is 18.6 Å². The van der Waals surface area contributed by atoms with Gasteiger partial charge in [-0.25, -0.2) is 0 Å². The van der Waals surface area contributed by atoms with E-state index >= 15 is 0 Å². The van der Waals surface area contributed by atoms with Gasteiger partial charge in [0.2, 0.25) is 5.82 Å². The van der Waals surface area contributed by atoms with Crippen molar-refractivity contribution in [1.82, 2.24) is 0 Å². The maximum atomic E-state index is 13.8. The van der Waals surface area contributed by atoms with Crippen LogP contribution in [0.15, 0.2) is 66.7 Å². The van der Waals surface area contributed by atoms with Gasteiger partial charge >= 0.3 is 17.6 Å². The van der Waals surface area contributed by atoms with Crippen LogP contribution in [0.25, 0.3) is 11.1 Å². The van der Waals surface area contributed by atoms with Crippen LogP contribution in [0.1, 0.15) is 28.5 Å². The molecule has 0 saturated heterocycles. The number of halogens is 1. The molecule has 4 rings (SSSR count). The largest absolute Gasteiger partial charge is 0.480 e. The summed E-state index contributed by atoms with van der Waals surface area (Å²) in [6, 6.07) is 16.3. The number of esters is 1. The first kappa shape index (κ1) is 22.1. The van der Waals surface area contributed by atoms with Crippen molar-refractivity contribution in [2.24, 2.45) is 5.73 Å². The highest BCUT2D eigenvalue weighted by Gasteiger charge is 2.36. The smallest absolute Gasteiger partial charge is 0.321 e. The third-order valence-corrected chi connectivity index (χ3v) is 5.78. The molecule has 168 valence electrons. The second-order valence-corrected chi connectivity index (χ2v) is 7.67. The summed E-state index contributed by atoms with van der Waals surface area (Å²) in [7, 11) is 0. The molecule has 0 radical (unpaired) electrons. The molecule has 0 saturated carbocycles. The van der Waals surface area contributed by atoms with E-state index in [0.29, 0.717) is 0 Å². The van der Waals surface area contributed by atoms with Crippen LogP contribution in [-0.2, 0) is 14.3 Å². The lowest BCUT2D eigenvalue weighted by Crippen LogP contribution is -2.41. The summed E-state index contributed by atoms with van der Waals surface area (Å²) in [4.78, 5) is 34.7. The molecule has 0 aliphatic heterocycles. The third-order valence-electron chi connectivity index (χ3n) is 5.78. The van der Waals surface area contributed by atoms with Gasteiger partial charge in [0.25, 0.3) is 0 Å². The molecule has 3 aromatic rings. The average molecular weight is 450 g/mol. The maximum absolute atomic E-state index is 13.8. The van der Waals surface area contributed by atoms with Crippen molar-refractivity contribution in [3.05, 3.63) is 99.4 Å². The number of carboxylic acids is 1. The van der Waals surface area contributed by atoms with Crippen LogP contribution in [0.3, 0.4) is 0 Å². The fourth-order valence-corrected chi connectivity index (χ4v) is 4.19. The summed E-state index contributed by atoms with van der Waals surface area (Å²) in [6.45, 7) is -0.0843. The Hall–Kier alpha value is -4.11. The molecule has 3 N–H and O–H groups in total. The monoisotopic (exact) mass is 450 g/mol. The van der Waals surface area contributed by atoms with Gasteiger partial charge < -0.3 is 15.6 Å². The molecule has 1 aliphatic rings. The SMILES string of the molecule is NC(C(=O)O)C(C(=O)OCC1c2ccccc2-c2ccccc21)c1ccc(F)c([N+](=O)[O-])c1. The Kier molecular flexibility index (Phi) is 5.89. The molecule has 0 fully saturated rings. The highest BCUT2D eigenvalue weighted by Crippen LogP contribution is 2.44. The van der Waals surface area contributed by atoms with Crippen LogP contribution >= 0.6 is 0 Å². The fraction of sp³-hybridized carbons (Fsp3) is 0.167. The molecule has 0 aromatic heterocycles. The molecule has 8 nitrogen and oxygen atoms in total. The average Bonchev–Trinajstić information content (AvgIpc) is 3.12. The summed E-state index contributed by atoms with van der Waals surface area (Å²) in [5.74, 6) is -5.41. The fourth-order valence-electron chi connectivity index (χ4n) is 4.19. The van der Waals surface area contributed by atoms with Gasteiger partial charge in [-0.1, -0.05) is 54.6 Å². The number of carboxylic acid groups (broad SMARTS) is 1. The second-order valence-electron chi connectivity index (χ2n) is 7.67. The van der Waals surface area contributed by atoms with Crippen molar-refractivity contribution < 1.29 is 28.7 Å². The number of hydrogen-bond acceptors (Lipinski definition) is 6. The number of nitro benzene ring substituents is 1. The number of hydrogen-bond donors (Lipinski definition) is 2. The molecular formula is C24H19FN2O6. The minimum atomic E-state index is -1.74. The van der Waals surface area contributed by atoms with Gasteiger partial charge in [-0.15, -0.1) is 0 Å². The normalized spacial score (nSPS) is 14.1. The van der Waals surface area contributed by atoms with Crippen LogP contribution in [0.4, 0.5) is 10.1 Å². The van der Waals surface area contributed by atoms with Crippen molar-refractivity contribution in [1.29, 1.82) is 0 Å². The zero-order chi connectivity index (χ0) is 23.7. The topological polar surface area (TPSA) is 133 Å². The number of ether oxygens (including phenoxy) is 1. The van der Waals surface area contributed by atoms with Gasteiger partial charge in [0.05, 0.1) is 4.92 Å². The van der Waals surface area contributed by atoms with Crippen molar-refractivity contribution in [2.75, 3.05) is 6.61 Å². The lowest BCUT2D eigenvalue weighted by atomic mass is 9.91. The minimum Gasteiger partial charge on any atom is -0.480 e. The van der Waals surface area contributed by atoms with Crippen molar-refractivity contribution in [2.45, 2.75) is 17.9 Å². The van der Waals surface area contributed by atoms with E-state index in [-0.39, 0.29) is 18.1 Å². The van der Waals surface area contributed by atoms with E-state index in [4.69, 9.17) is 10.5 Å². The third kappa shape index (κ3) is 4.06. The molecule has 33 heavy (non-hydrogen) atoms. The molecule has 1 aliphatic carbocycles. The van der Waals surface area contributed by atoms with E-state index < -0.39 is 40.3 Å². The number of rotatable bonds is 7. The van der Waals surface area contributed by atoms with Gasteiger partial charge in [-0.05, 0) is 33.9 Å². The van der Waals surface area contributed by atoms with Crippen LogP contribution < -0.4 is 5.73 Å². The number of carbonyl (C=O) groups excluding carboxylic acids is 1. The predicted molar refractivity (Wildman–Crippen MR) is 116 cm³/mol. The van der Waals surface area contributed by atoms with E-state index in [1.807, 2.05) is 48.5 Å². The molecule has 2 unspecified atom stereocenters. The summed E-state index contributed by atoms with van der Waals surface area (Å²) in [5, 5.41) is 20.5. The summed E-state index contributed by atoms with van der Waals surface area (Å²) in [5.41, 5.74) is 8.68. The molecule has 0 spiro atoms. The van der Waals surface area contributed by atoms with Crippen LogP contribution in [0.2, 0.25) is 0 Å². The van der Waals surface area contributed by atoms with Gasteiger partial charge in [0, 0.05) is 12.0 Å². The number of benzene rings is 3.